The predicted molar refractivity (Wildman–Crippen MR) is 137 cm³/mol. The van der Waals surface area contributed by atoms with Gasteiger partial charge in [-0.1, -0.05) is 36.4 Å². The Labute approximate surface area is 203 Å². The van der Waals surface area contributed by atoms with Crippen molar-refractivity contribution in [2.24, 2.45) is 0 Å². The topological polar surface area (TPSA) is 72.3 Å². The van der Waals surface area contributed by atoms with E-state index in [0.29, 0.717) is 6.54 Å². The van der Waals surface area contributed by atoms with Crippen LogP contribution in [-0.2, 0) is 16.1 Å². The van der Waals surface area contributed by atoms with E-state index in [2.05, 4.69) is 10.3 Å². The average Bonchev–Trinajstić information content (AvgIpc) is 3.23. The summed E-state index contributed by atoms with van der Waals surface area (Å²) < 4.78 is 6.82. The summed E-state index contributed by atoms with van der Waals surface area (Å²) in [4.78, 5) is 18.3. The highest BCUT2D eigenvalue weighted by molar-refractivity contribution is 7.98. The number of nitrogens with one attached hydrogen (secondary N) is 1. The molecule has 0 aliphatic carbocycles. The molecule has 0 saturated carbocycles. The van der Waals surface area contributed by atoms with E-state index >= 15 is 0 Å². The van der Waals surface area contributed by atoms with Gasteiger partial charge in [0.25, 0.3) is 0 Å². The number of thioether (sulfide) groups is 1. The highest BCUT2D eigenvalue weighted by Gasteiger charge is 2.22. The second kappa shape index (κ2) is 11.0. The van der Waals surface area contributed by atoms with Crippen LogP contribution in [0.5, 0.6) is 0 Å². The minimum atomic E-state index is -0.279. The van der Waals surface area contributed by atoms with E-state index in [4.69, 9.17) is 9.84 Å². The van der Waals surface area contributed by atoms with Crippen molar-refractivity contribution >= 4 is 29.2 Å². The SMILES string of the molecule is COC(=O)CN(C)Cc1c(-c2ccnc(Nc3ccccc3)c2)c(SC)nn1-c1ccccc1. The van der Waals surface area contributed by atoms with Crippen LogP contribution in [0.1, 0.15) is 5.69 Å². The number of esters is 1. The number of carbonyl (C=O) groups is 1. The summed E-state index contributed by atoms with van der Waals surface area (Å²) in [5, 5.41) is 9.21. The van der Waals surface area contributed by atoms with Gasteiger partial charge in [-0.2, -0.15) is 5.10 Å². The molecule has 0 spiro atoms. The van der Waals surface area contributed by atoms with Crippen LogP contribution in [0.2, 0.25) is 0 Å². The smallest absolute Gasteiger partial charge is 0.319 e. The maximum Gasteiger partial charge on any atom is 0.319 e. The fourth-order valence-electron chi connectivity index (χ4n) is 3.71. The molecule has 0 radical (unpaired) electrons. The van der Waals surface area contributed by atoms with Gasteiger partial charge < -0.3 is 10.1 Å². The van der Waals surface area contributed by atoms with E-state index in [9.17, 15) is 4.79 Å². The number of pyridine rings is 1. The number of nitrogens with zero attached hydrogens (tertiary/aromatic N) is 4. The lowest BCUT2D eigenvalue weighted by Crippen LogP contribution is -2.27. The summed E-state index contributed by atoms with van der Waals surface area (Å²) in [7, 11) is 3.30. The number of anilines is 2. The van der Waals surface area contributed by atoms with Gasteiger partial charge in [-0.15, -0.1) is 11.8 Å². The molecule has 0 aliphatic heterocycles. The van der Waals surface area contributed by atoms with Crippen molar-refractivity contribution in [3.63, 3.8) is 0 Å². The van der Waals surface area contributed by atoms with Crippen LogP contribution < -0.4 is 5.32 Å². The van der Waals surface area contributed by atoms with Crippen molar-refractivity contribution in [3.8, 4) is 16.8 Å². The van der Waals surface area contributed by atoms with Gasteiger partial charge >= 0.3 is 5.97 Å². The Morgan fingerprint density at radius 1 is 1.09 bits per heavy atom. The Morgan fingerprint density at radius 3 is 2.47 bits per heavy atom. The van der Waals surface area contributed by atoms with Gasteiger partial charge in [0.05, 0.1) is 25.0 Å². The first-order chi connectivity index (χ1) is 16.6. The van der Waals surface area contributed by atoms with Crippen molar-refractivity contribution in [1.29, 1.82) is 0 Å². The highest BCUT2D eigenvalue weighted by atomic mass is 32.2. The highest BCUT2D eigenvalue weighted by Crippen LogP contribution is 2.36. The van der Waals surface area contributed by atoms with Crippen LogP contribution in [0.15, 0.2) is 84.0 Å². The Hall–Kier alpha value is -3.62. The maximum atomic E-state index is 11.9. The molecule has 2 aromatic heterocycles. The number of para-hydroxylation sites is 2. The quantitative estimate of drug-likeness (QED) is 0.271. The lowest BCUT2D eigenvalue weighted by molar-refractivity contribution is -0.141. The molecule has 2 aromatic carbocycles. The van der Waals surface area contributed by atoms with Gasteiger partial charge in [-0.25, -0.2) is 9.67 Å². The van der Waals surface area contributed by atoms with Gasteiger partial charge in [-0.05, 0) is 55.3 Å². The Kier molecular flexibility index (Phi) is 7.61. The minimum absolute atomic E-state index is 0.182. The van der Waals surface area contributed by atoms with E-state index in [1.54, 1.807) is 18.0 Å². The number of rotatable bonds is 9. The van der Waals surface area contributed by atoms with Gasteiger partial charge in [-0.3, -0.25) is 9.69 Å². The number of likely N-dealkylation sites (N-methyl/N-ethyl adjacent to an activating group) is 1. The van der Waals surface area contributed by atoms with Crippen LogP contribution in [0.25, 0.3) is 16.8 Å². The van der Waals surface area contributed by atoms with Crippen molar-refractivity contribution < 1.29 is 9.53 Å². The predicted octanol–water partition coefficient (Wildman–Crippen LogP) is 5.00. The zero-order valence-corrected chi connectivity index (χ0v) is 20.2. The second-order valence-electron chi connectivity index (χ2n) is 7.75. The summed E-state index contributed by atoms with van der Waals surface area (Å²) in [6.45, 7) is 0.693. The molecule has 0 fully saturated rings. The summed E-state index contributed by atoms with van der Waals surface area (Å²) in [6.07, 6.45) is 3.82. The lowest BCUT2D eigenvalue weighted by Gasteiger charge is -2.18. The van der Waals surface area contributed by atoms with Gasteiger partial charge in [0.15, 0.2) is 0 Å². The van der Waals surface area contributed by atoms with Crippen LogP contribution in [-0.4, -0.2) is 52.6 Å². The Balaban J connectivity index is 1.79. The first kappa shape index (κ1) is 23.5. The fraction of sp³-hybridized carbons (Fsp3) is 0.192. The molecule has 2 heterocycles. The zero-order chi connectivity index (χ0) is 23.9. The van der Waals surface area contributed by atoms with E-state index < -0.39 is 0 Å². The van der Waals surface area contributed by atoms with Crippen LogP contribution in [0, 0.1) is 0 Å². The van der Waals surface area contributed by atoms with Gasteiger partial charge in [0, 0.05) is 24.0 Å². The van der Waals surface area contributed by atoms with Crippen molar-refractivity contribution in [2.45, 2.75) is 11.6 Å². The molecule has 4 rings (SSSR count). The molecule has 34 heavy (non-hydrogen) atoms. The summed E-state index contributed by atoms with van der Waals surface area (Å²) >= 11 is 1.59. The molecule has 174 valence electrons. The van der Waals surface area contributed by atoms with Crippen LogP contribution in [0.3, 0.4) is 0 Å². The van der Waals surface area contributed by atoms with E-state index in [-0.39, 0.29) is 12.5 Å². The largest absolute Gasteiger partial charge is 0.468 e. The second-order valence-corrected chi connectivity index (χ2v) is 8.54. The van der Waals surface area contributed by atoms with Crippen molar-refractivity contribution in [3.05, 3.63) is 84.7 Å². The van der Waals surface area contributed by atoms with E-state index in [1.807, 2.05) is 95.7 Å². The molecule has 0 amide bonds. The minimum Gasteiger partial charge on any atom is -0.468 e. The third kappa shape index (κ3) is 5.47. The Morgan fingerprint density at radius 2 is 1.79 bits per heavy atom. The molecule has 0 aliphatic rings. The van der Waals surface area contributed by atoms with Crippen LogP contribution >= 0.6 is 11.8 Å². The molecule has 0 saturated heterocycles. The number of aromatic nitrogens is 3. The zero-order valence-electron chi connectivity index (χ0n) is 19.4. The molecular weight excluding hydrogens is 446 g/mol. The third-order valence-corrected chi connectivity index (χ3v) is 5.96. The lowest BCUT2D eigenvalue weighted by atomic mass is 10.1. The molecule has 1 N–H and O–H groups in total. The van der Waals surface area contributed by atoms with E-state index in [1.165, 1.54) is 7.11 Å². The average molecular weight is 474 g/mol. The number of benzene rings is 2. The van der Waals surface area contributed by atoms with Gasteiger partial charge in [0.2, 0.25) is 0 Å². The normalized spacial score (nSPS) is 10.9. The molecule has 4 aromatic rings. The summed E-state index contributed by atoms with van der Waals surface area (Å²) in [6, 6.07) is 24.0. The first-order valence-corrected chi connectivity index (χ1v) is 12.1. The maximum absolute atomic E-state index is 11.9. The molecule has 0 bridgehead atoms. The van der Waals surface area contributed by atoms with Crippen LogP contribution in [0.4, 0.5) is 11.5 Å². The monoisotopic (exact) mass is 473 g/mol. The van der Waals surface area contributed by atoms with Gasteiger partial charge in [0.1, 0.15) is 10.8 Å². The standard InChI is InChI=1S/C26H27N5O2S/c1-30(18-24(32)33-2)17-22-25(26(34-3)29-31(22)21-12-8-5-9-13-21)19-14-15-27-23(16-19)28-20-10-6-4-7-11-20/h4-16H,17-18H2,1-3H3,(H,27,28). The number of hydrogen-bond acceptors (Lipinski definition) is 7. The fourth-order valence-corrected chi connectivity index (χ4v) is 4.32. The molecule has 0 unspecified atom stereocenters. The molecule has 8 heteroatoms. The Bertz CT molecular complexity index is 1240. The summed E-state index contributed by atoms with van der Waals surface area (Å²) in [5.74, 6) is 0.468. The summed E-state index contributed by atoms with van der Waals surface area (Å²) in [5.41, 5.74) is 4.93. The van der Waals surface area contributed by atoms with E-state index in [0.717, 1.165) is 39.0 Å². The molecular formula is C26H27N5O2S. The van der Waals surface area contributed by atoms with Crippen molar-refractivity contribution in [2.75, 3.05) is 32.3 Å². The third-order valence-electron chi connectivity index (χ3n) is 5.28. The number of methoxy groups -OCH3 is 1. The molecule has 0 atom stereocenters. The molecule has 7 nitrogen and oxygen atoms in total. The van der Waals surface area contributed by atoms with Crippen molar-refractivity contribution in [1.82, 2.24) is 19.7 Å². The number of carbonyl (C=O) groups excluding carboxylic acids is 1. The number of hydrogen-bond donors (Lipinski definition) is 1. The first-order valence-electron chi connectivity index (χ1n) is 10.8. The number of ether oxygens (including phenoxy) is 1.